The minimum Gasteiger partial charge on any atom is -0.358 e. The van der Waals surface area contributed by atoms with Crippen molar-refractivity contribution in [2.24, 2.45) is 0 Å². The number of carbonyl (C=O) groups excluding carboxylic acids is 2. The molecule has 1 aromatic carbocycles. The van der Waals surface area contributed by atoms with E-state index in [0.717, 1.165) is 22.2 Å². The van der Waals surface area contributed by atoms with Crippen LogP contribution in [0.1, 0.15) is 42.4 Å². The van der Waals surface area contributed by atoms with Crippen LogP contribution in [0.3, 0.4) is 0 Å². The van der Waals surface area contributed by atoms with Crippen LogP contribution < -0.4 is 10.6 Å². The number of H-pyrrole nitrogens is 1. The average molecular weight is 301 g/mol. The Hall–Kier alpha value is -2.30. The molecule has 0 spiro atoms. The number of hydrogen-bond donors (Lipinski definition) is 3. The van der Waals surface area contributed by atoms with Crippen molar-refractivity contribution >= 4 is 22.7 Å². The quantitative estimate of drug-likeness (QED) is 0.814. The van der Waals surface area contributed by atoms with Gasteiger partial charge in [0.2, 0.25) is 5.91 Å². The molecule has 1 heterocycles. The lowest BCUT2D eigenvalue weighted by Crippen LogP contribution is -2.45. The smallest absolute Gasteiger partial charge is 0.251 e. The fraction of sp³-hybridized carbons (Fsp3) is 0.412. The molecule has 0 saturated carbocycles. The maximum absolute atomic E-state index is 12.2. The van der Waals surface area contributed by atoms with Crippen molar-refractivity contribution in [3.63, 3.8) is 0 Å². The predicted molar refractivity (Wildman–Crippen MR) is 88.0 cm³/mol. The number of aromatic amines is 1. The monoisotopic (exact) mass is 301 g/mol. The fourth-order valence-corrected chi connectivity index (χ4v) is 2.33. The summed E-state index contributed by atoms with van der Waals surface area (Å²) >= 11 is 0. The highest BCUT2D eigenvalue weighted by atomic mass is 16.2. The maximum Gasteiger partial charge on any atom is 0.251 e. The van der Waals surface area contributed by atoms with Gasteiger partial charge in [-0.05, 0) is 58.4 Å². The Morgan fingerprint density at radius 2 is 1.86 bits per heavy atom. The molecule has 5 heteroatoms. The second kappa shape index (κ2) is 5.83. The molecule has 5 nitrogen and oxygen atoms in total. The van der Waals surface area contributed by atoms with E-state index < -0.39 is 0 Å². The second-order valence-corrected chi connectivity index (χ2v) is 6.62. The van der Waals surface area contributed by atoms with Gasteiger partial charge in [0.15, 0.2) is 0 Å². The summed E-state index contributed by atoms with van der Waals surface area (Å²) in [6, 6.07) is 5.50. The van der Waals surface area contributed by atoms with Gasteiger partial charge in [0, 0.05) is 27.7 Å². The van der Waals surface area contributed by atoms with Gasteiger partial charge in [-0.25, -0.2) is 0 Å². The van der Waals surface area contributed by atoms with Gasteiger partial charge in [-0.3, -0.25) is 9.59 Å². The standard InChI is InChI=1S/C17H23N3O2/c1-10-11(2)19-14-7-6-12(8-13(10)14)16(22)18-9-15(21)20-17(3,4)5/h6-8,19H,9H2,1-5H3,(H,18,22)(H,20,21). The molecular weight excluding hydrogens is 278 g/mol. The zero-order valence-electron chi connectivity index (χ0n) is 13.8. The lowest BCUT2D eigenvalue weighted by Gasteiger charge is -2.20. The van der Waals surface area contributed by atoms with Crippen molar-refractivity contribution in [1.29, 1.82) is 0 Å². The molecule has 118 valence electrons. The third-order valence-corrected chi connectivity index (χ3v) is 3.49. The van der Waals surface area contributed by atoms with Crippen molar-refractivity contribution in [2.45, 2.75) is 40.2 Å². The van der Waals surface area contributed by atoms with E-state index in [0.29, 0.717) is 5.56 Å². The third kappa shape index (κ3) is 3.67. The number of nitrogens with one attached hydrogen (secondary N) is 3. The Morgan fingerprint density at radius 3 is 2.50 bits per heavy atom. The number of carbonyl (C=O) groups is 2. The lowest BCUT2D eigenvalue weighted by atomic mass is 10.1. The van der Waals surface area contributed by atoms with Gasteiger partial charge in [-0.2, -0.15) is 0 Å². The van der Waals surface area contributed by atoms with Gasteiger partial charge in [-0.15, -0.1) is 0 Å². The van der Waals surface area contributed by atoms with Gasteiger partial charge >= 0.3 is 0 Å². The SMILES string of the molecule is Cc1[nH]c2ccc(C(=O)NCC(=O)NC(C)(C)C)cc2c1C. The molecule has 2 rings (SSSR count). The van der Waals surface area contributed by atoms with Crippen molar-refractivity contribution in [3.05, 3.63) is 35.0 Å². The Bertz CT molecular complexity index is 723. The highest BCUT2D eigenvalue weighted by Gasteiger charge is 2.15. The number of fused-ring (bicyclic) bond motifs is 1. The average Bonchev–Trinajstić information content (AvgIpc) is 2.69. The summed E-state index contributed by atoms with van der Waals surface area (Å²) in [4.78, 5) is 27.2. The summed E-state index contributed by atoms with van der Waals surface area (Å²) in [7, 11) is 0. The van der Waals surface area contributed by atoms with E-state index in [2.05, 4.69) is 15.6 Å². The van der Waals surface area contributed by atoms with Crippen LogP contribution in [0.5, 0.6) is 0 Å². The molecule has 3 N–H and O–H groups in total. The van der Waals surface area contributed by atoms with Crippen LogP contribution in [0, 0.1) is 13.8 Å². The molecule has 0 fully saturated rings. The first-order valence-corrected chi connectivity index (χ1v) is 7.35. The van der Waals surface area contributed by atoms with Gasteiger partial charge < -0.3 is 15.6 Å². The first-order chi connectivity index (χ1) is 10.2. The Morgan fingerprint density at radius 1 is 1.18 bits per heavy atom. The van der Waals surface area contributed by atoms with Crippen molar-refractivity contribution in [2.75, 3.05) is 6.54 Å². The van der Waals surface area contributed by atoms with Gasteiger partial charge in [0.05, 0.1) is 6.54 Å². The van der Waals surface area contributed by atoms with Crippen LogP contribution in [-0.2, 0) is 4.79 Å². The van der Waals surface area contributed by atoms with E-state index in [-0.39, 0.29) is 23.9 Å². The van der Waals surface area contributed by atoms with Gasteiger partial charge in [0.1, 0.15) is 0 Å². The first kappa shape index (κ1) is 16.1. The van der Waals surface area contributed by atoms with Crippen LogP contribution in [0.15, 0.2) is 18.2 Å². The maximum atomic E-state index is 12.2. The van der Waals surface area contributed by atoms with Crippen LogP contribution >= 0.6 is 0 Å². The van der Waals surface area contributed by atoms with Gasteiger partial charge in [-0.1, -0.05) is 0 Å². The lowest BCUT2D eigenvalue weighted by molar-refractivity contribution is -0.121. The van der Waals surface area contributed by atoms with E-state index in [1.165, 1.54) is 0 Å². The van der Waals surface area contributed by atoms with E-state index in [9.17, 15) is 9.59 Å². The minimum atomic E-state index is -0.305. The van der Waals surface area contributed by atoms with Crippen LogP contribution in [-0.4, -0.2) is 28.9 Å². The summed E-state index contributed by atoms with van der Waals surface area (Å²) in [5.41, 5.74) is 3.49. The van der Waals surface area contributed by atoms with Crippen LogP contribution in [0.25, 0.3) is 10.9 Å². The number of benzene rings is 1. The Labute approximate surface area is 130 Å². The topological polar surface area (TPSA) is 74.0 Å². The summed E-state index contributed by atoms with van der Waals surface area (Å²) in [6.07, 6.45) is 0. The molecule has 0 radical (unpaired) electrons. The Kier molecular flexibility index (Phi) is 4.26. The van der Waals surface area contributed by atoms with E-state index >= 15 is 0 Å². The number of rotatable bonds is 3. The molecule has 2 amide bonds. The van der Waals surface area contributed by atoms with Crippen LogP contribution in [0.2, 0.25) is 0 Å². The first-order valence-electron chi connectivity index (χ1n) is 7.35. The minimum absolute atomic E-state index is 0.0285. The molecule has 0 aliphatic heterocycles. The largest absolute Gasteiger partial charge is 0.358 e. The molecule has 0 atom stereocenters. The zero-order chi connectivity index (χ0) is 16.5. The van der Waals surface area contributed by atoms with Crippen LogP contribution in [0.4, 0.5) is 0 Å². The highest BCUT2D eigenvalue weighted by molar-refractivity contribution is 6.00. The molecule has 0 saturated heterocycles. The second-order valence-electron chi connectivity index (χ2n) is 6.62. The molecule has 0 bridgehead atoms. The highest BCUT2D eigenvalue weighted by Crippen LogP contribution is 2.22. The van der Waals surface area contributed by atoms with Crippen molar-refractivity contribution < 1.29 is 9.59 Å². The molecule has 0 aliphatic carbocycles. The van der Waals surface area contributed by atoms with E-state index in [1.54, 1.807) is 6.07 Å². The molecule has 1 aromatic heterocycles. The van der Waals surface area contributed by atoms with Crippen molar-refractivity contribution in [3.8, 4) is 0 Å². The number of aryl methyl sites for hydroxylation is 2. The summed E-state index contributed by atoms with van der Waals surface area (Å²) in [5.74, 6) is -0.445. The zero-order valence-corrected chi connectivity index (χ0v) is 13.8. The Balaban J connectivity index is 2.07. The number of hydrogen-bond acceptors (Lipinski definition) is 2. The molecule has 2 aromatic rings. The number of aromatic nitrogens is 1. The molecular formula is C17H23N3O2. The predicted octanol–water partition coefficient (Wildman–Crippen LogP) is 2.43. The normalized spacial score (nSPS) is 11.5. The van der Waals surface area contributed by atoms with E-state index in [1.807, 2.05) is 46.8 Å². The number of amides is 2. The van der Waals surface area contributed by atoms with E-state index in [4.69, 9.17) is 0 Å². The fourth-order valence-electron chi connectivity index (χ4n) is 2.33. The summed E-state index contributed by atoms with van der Waals surface area (Å²) in [6.45, 7) is 9.70. The summed E-state index contributed by atoms with van der Waals surface area (Å²) < 4.78 is 0. The summed E-state index contributed by atoms with van der Waals surface area (Å²) in [5, 5.41) is 6.49. The van der Waals surface area contributed by atoms with Crippen molar-refractivity contribution in [1.82, 2.24) is 15.6 Å². The third-order valence-electron chi connectivity index (χ3n) is 3.49. The molecule has 22 heavy (non-hydrogen) atoms. The molecule has 0 unspecified atom stereocenters. The molecule has 0 aliphatic rings. The van der Waals surface area contributed by atoms with Gasteiger partial charge in [0.25, 0.3) is 5.91 Å².